The highest BCUT2D eigenvalue weighted by molar-refractivity contribution is 6.35. The number of benzene rings is 2. The van der Waals surface area contributed by atoms with Crippen LogP contribution in [0.4, 0.5) is 30.8 Å². The van der Waals surface area contributed by atoms with Gasteiger partial charge in [-0.15, -0.1) is 0 Å². The number of aromatic nitrogens is 3. The molecule has 2 aromatic carbocycles. The molecule has 268 valence electrons. The Kier molecular flexibility index (Phi) is 12.4. The van der Waals surface area contributed by atoms with Crippen LogP contribution in [0.5, 0.6) is 6.01 Å². The van der Waals surface area contributed by atoms with Crippen molar-refractivity contribution in [3.05, 3.63) is 64.7 Å². The van der Waals surface area contributed by atoms with Crippen LogP contribution in [0.15, 0.2) is 48.5 Å². The Labute approximate surface area is 290 Å². The number of halogens is 4. The highest BCUT2D eigenvalue weighted by atomic mass is 35.5. The normalized spacial score (nSPS) is 13.8. The van der Waals surface area contributed by atoms with Crippen molar-refractivity contribution in [2.24, 2.45) is 0 Å². The molecule has 3 aromatic rings. The zero-order chi connectivity index (χ0) is 36.5. The molecule has 4 rings (SSSR count). The summed E-state index contributed by atoms with van der Waals surface area (Å²) in [6.45, 7) is 1.68. The zero-order valence-corrected chi connectivity index (χ0v) is 28.1. The quantitative estimate of drug-likeness (QED) is 0.113. The minimum absolute atomic E-state index is 0.0305. The second-order valence-electron chi connectivity index (χ2n) is 11.3. The van der Waals surface area contributed by atoms with E-state index in [1.807, 2.05) is 26.0 Å². The fourth-order valence-corrected chi connectivity index (χ4v) is 4.83. The molecule has 0 radical (unpaired) electrons. The van der Waals surface area contributed by atoms with Crippen LogP contribution in [-0.2, 0) is 24.7 Å². The van der Waals surface area contributed by atoms with Gasteiger partial charge < -0.3 is 36.1 Å². The van der Waals surface area contributed by atoms with Crippen molar-refractivity contribution in [2.75, 3.05) is 30.9 Å². The molecule has 1 aliphatic rings. The molecule has 1 aliphatic carbocycles. The summed E-state index contributed by atoms with van der Waals surface area (Å²) in [5.41, 5.74) is 0.791. The van der Waals surface area contributed by atoms with Crippen LogP contribution >= 0.6 is 11.6 Å². The van der Waals surface area contributed by atoms with Crippen molar-refractivity contribution in [3.8, 4) is 6.01 Å². The molecule has 0 aliphatic heterocycles. The molecule has 1 heterocycles. The second kappa shape index (κ2) is 16.5. The molecule has 5 N–H and O–H groups in total. The lowest BCUT2D eigenvalue weighted by Gasteiger charge is -2.19. The lowest BCUT2D eigenvalue weighted by atomic mass is 10.1. The summed E-state index contributed by atoms with van der Waals surface area (Å²) in [4.78, 5) is 62.0. The van der Waals surface area contributed by atoms with Crippen LogP contribution in [0.3, 0.4) is 0 Å². The molecule has 0 unspecified atom stereocenters. The number of ether oxygens (including phenoxy) is 2. The molecule has 1 fully saturated rings. The highest BCUT2D eigenvalue weighted by Crippen LogP contribution is 2.48. The maximum atomic E-state index is 13.0. The predicted octanol–water partition coefficient (Wildman–Crippen LogP) is 4.00. The third kappa shape index (κ3) is 10.7. The molecule has 14 nitrogen and oxygen atoms in total. The van der Waals surface area contributed by atoms with Crippen molar-refractivity contribution in [1.82, 2.24) is 30.9 Å². The van der Waals surface area contributed by atoms with Crippen LogP contribution in [0, 0.1) is 0 Å². The molecule has 0 spiro atoms. The molecule has 50 heavy (non-hydrogen) atoms. The molecule has 0 bridgehead atoms. The molecule has 18 heteroatoms. The third-order valence-electron chi connectivity index (χ3n) is 7.67. The number of anilines is 3. The smallest absolute Gasteiger partial charge is 0.422 e. The number of nitrogens with one attached hydrogen (secondary N) is 5. The van der Waals surface area contributed by atoms with E-state index in [2.05, 4.69) is 41.5 Å². The Balaban J connectivity index is 1.44. The van der Waals surface area contributed by atoms with Crippen molar-refractivity contribution in [3.63, 3.8) is 0 Å². The van der Waals surface area contributed by atoms with Crippen LogP contribution in [0.2, 0.25) is 5.02 Å². The monoisotopic (exact) mass is 720 g/mol. The fourth-order valence-electron chi connectivity index (χ4n) is 4.70. The summed E-state index contributed by atoms with van der Waals surface area (Å²) in [7, 11) is 1.10. The summed E-state index contributed by atoms with van der Waals surface area (Å²) < 4.78 is 48.3. The Morgan fingerprint density at radius 1 is 0.900 bits per heavy atom. The van der Waals surface area contributed by atoms with Gasteiger partial charge in [-0.05, 0) is 67.6 Å². The van der Waals surface area contributed by atoms with Crippen molar-refractivity contribution in [2.45, 2.75) is 63.3 Å². The van der Waals surface area contributed by atoms with E-state index in [0.29, 0.717) is 36.4 Å². The third-order valence-corrected chi connectivity index (χ3v) is 7.92. The highest BCUT2D eigenvalue weighted by Gasteiger charge is 2.45. The van der Waals surface area contributed by atoms with E-state index in [-0.39, 0.29) is 23.5 Å². The first-order valence-electron chi connectivity index (χ1n) is 15.6. The van der Waals surface area contributed by atoms with E-state index < -0.39 is 60.6 Å². The first kappa shape index (κ1) is 37.6. The van der Waals surface area contributed by atoms with Gasteiger partial charge in [0.1, 0.15) is 6.04 Å². The Bertz CT molecular complexity index is 1670. The Hall–Kier alpha value is -5.19. The van der Waals surface area contributed by atoms with Gasteiger partial charge in [0.05, 0.1) is 12.6 Å². The van der Waals surface area contributed by atoms with Crippen molar-refractivity contribution < 1.29 is 41.8 Å². The Morgan fingerprint density at radius 3 is 2.12 bits per heavy atom. The van der Waals surface area contributed by atoms with E-state index in [9.17, 15) is 32.3 Å². The number of esters is 1. The number of nitrogens with zero attached hydrogens (tertiary/aromatic N) is 3. The summed E-state index contributed by atoms with van der Waals surface area (Å²) in [5, 5.41) is 13.9. The van der Waals surface area contributed by atoms with E-state index >= 15 is 0 Å². The molecule has 1 aromatic heterocycles. The topological polar surface area (TPSA) is 186 Å². The van der Waals surface area contributed by atoms with Gasteiger partial charge in [-0.3, -0.25) is 14.4 Å². The number of carbonyl (C=O) groups excluding carboxylic acids is 4. The minimum atomic E-state index is -4.63. The molecule has 1 atom stereocenters. The van der Waals surface area contributed by atoms with Gasteiger partial charge >= 0.3 is 30.0 Å². The molecular formula is C32H36ClF3N8O6. The lowest BCUT2D eigenvalue weighted by molar-refractivity contribution is -0.154. The first-order valence-corrected chi connectivity index (χ1v) is 16.0. The van der Waals surface area contributed by atoms with Crippen LogP contribution in [0.1, 0.15) is 55.5 Å². The Morgan fingerprint density at radius 2 is 1.54 bits per heavy atom. The van der Waals surface area contributed by atoms with Gasteiger partial charge in [-0.1, -0.05) is 37.6 Å². The molecule has 3 amide bonds. The van der Waals surface area contributed by atoms with E-state index in [1.165, 1.54) is 24.3 Å². The summed E-state index contributed by atoms with van der Waals surface area (Å²) in [6.07, 6.45) is -1.96. The number of methoxy groups -OCH3 is 1. The van der Waals surface area contributed by atoms with Crippen molar-refractivity contribution >= 4 is 52.9 Å². The van der Waals surface area contributed by atoms with Crippen LogP contribution < -0.4 is 31.3 Å². The van der Waals surface area contributed by atoms with Crippen LogP contribution in [-0.4, -0.2) is 77.2 Å². The van der Waals surface area contributed by atoms with Gasteiger partial charge in [0.2, 0.25) is 11.9 Å². The molecule has 1 saturated carbocycles. The SMILES string of the molecule is CCC(CC)NC(=O)C(=O)NC[C@@H](NC(=O)c1ccc(Nc2nc(NC3(c4ccc(Cl)cc4)CC3)nc(OCC(F)(F)F)n2)cc1)C(=O)OC. The lowest BCUT2D eigenvalue weighted by Crippen LogP contribution is -2.52. The maximum Gasteiger partial charge on any atom is 0.422 e. The summed E-state index contributed by atoms with van der Waals surface area (Å²) >= 11 is 6.02. The van der Waals surface area contributed by atoms with E-state index in [4.69, 9.17) is 21.1 Å². The molecule has 0 saturated heterocycles. The van der Waals surface area contributed by atoms with Gasteiger partial charge in [0.25, 0.3) is 5.91 Å². The van der Waals surface area contributed by atoms with Crippen molar-refractivity contribution in [1.29, 1.82) is 0 Å². The minimum Gasteiger partial charge on any atom is -0.467 e. The first-order chi connectivity index (χ1) is 23.7. The number of alkyl halides is 3. The average molecular weight is 721 g/mol. The van der Waals surface area contributed by atoms with Gasteiger partial charge in [-0.2, -0.15) is 28.1 Å². The molecular weight excluding hydrogens is 685 g/mol. The largest absolute Gasteiger partial charge is 0.467 e. The predicted molar refractivity (Wildman–Crippen MR) is 176 cm³/mol. The average Bonchev–Trinajstić information content (AvgIpc) is 3.87. The number of hydrogen-bond acceptors (Lipinski definition) is 11. The zero-order valence-electron chi connectivity index (χ0n) is 27.3. The number of amides is 3. The number of hydrogen-bond donors (Lipinski definition) is 5. The summed E-state index contributed by atoms with van der Waals surface area (Å²) in [5.74, 6) is -3.57. The summed E-state index contributed by atoms with van der Waals surface area (Å²) in [6, 6.07) is 10.8. The van der Waals surface area contributed by atoms with E-state index in [0.717, 1.165) is 12.7 Å². The van der Waals surface area contributed by atoms with Gasteiger partial charge in [0.15, 0.2) is 6.61 Å². The second-order valence-corrected chi connectivity index (χ2v) is 11.8. The number of carbonyl (C=O) groups is 4. The maximum absolute atomic E-state index is 13.0. The fraction of sp³-hybridized carbons (Fsp3) is 0.406. The number of rotatable bonds is 15. The van der Waals surface area contributed by atoms with Crippen LogP contribution in [0.25, 0.3) is 0 Å². The van der Waals surface area contributed by atoms with Gasteiger partial charge in [-0.25, -0.2) is 4.79 Å². The van der Waals surface area contributed by atoms with Gasteiger partial charge in [0, 0.05) is 28.9 Å². The standard InChI is InChI=1S/C32H36ClF3N8O6/c1-4-21(5-2)38-26(47)25(46)37-16-23(27(48)49-3)40-24(45)18-6-12-22(13-7-18)39-28-41-29(43-30(42-28)50-17-32(34,35)36)44-31(14-15-31)19-8-10-20(33)11-9-19/h6-13,21,23H,4-5,14-17H2,1-3H3,(H,37,46)(H,38,47)(H,40,45)(H2,39,41,42,43,44)/t23-/m1/s1. The van der Waals surface area contributed by atoms with E-state index in [1.54, 1.807) is 12.1 Å².